The van der Waals surface area contributed by atoms with Crippen molar-refractivity contribution in [2.75, 3.05) is 11.1 Å². The van der Waals surface area contributed by atoms with Crippen molar-refractivity contribution in [3.05, 3.63) is 58.4 Å². The molecule has 1 unspecified atom stereocenters. The predicted octanol–water partition coefficient (Wildman–Crippen LogP) is 4.78. The van der Waals surface area contributed by atoms with E-state index in [4.69, 9.17) is 16.3 Å². The van der Waals surface area contributed by atoms with Gasteiger partial charge in [0.05, 0.1) is 11.3 Å². The molecule has 192 valence electrons. The fraction of sp³-hybridized carbons (Fsp3) is 0.423. The van der Waals surface area contributed by atoms with E-state index >= 15 is 4.39 Å². The van der Waals surface area contributed by atoms with Gasteiger partial charge in [-0.1, -0.05) is 23.7 Å². The first kappa shape index (κ1) is 26.3. The molecule has 2 aromatic rings. The monoisotopic (exact) mass is 534 g/mol. The Morgan fingerprint density at radius 2 is 1.89 bits per heavy atom. The number of carbonyl (C=O) groups is 3. The lowest BCUT2D eigenvalue weighted by atomic mass is 10.1. The summed E-state index contributed by atoms with van der Waals surface area (Å²) < 4.78 is 20.6. The van der Waals surface area contributed by atoms with Crippen molar-refractivity contribution in [2.24, 2.45) is 0 Å². The van der Waals surface area contributed by atoms with Crippen LogP contribution in [0.1, 0.15) is 56.5 Å². The van der Waals surface area contributed by atoms with E-state index in [-0.39, 0.29) is 16.9 Å². The molecule has 1 aliphatic carbocycles. The Hall–Kier alpha value is -2.78. The van der Waals surface area contributed by atoms with Gasteiger partial charge in [-0.2, -0.15) is 0 Å². The van der Waals surface area contributed by atoms with E-state index in [2.05, 4.69) is 16.0 Å². The summed E-state index contributed by atoms with van der Waals surface area (Å²) in [6, 6.07) is 9.10. The molecule has 1 aliphatic heterocycles. The molecule has 3 N–H and O–H groups in total. The number of alkyl carbamates (subject to hydrolysis) is 1. The second kappa shape index (κ2) is 9.94. The number of carbonyl (C=O) groups excluding carboxylic acids is 3. The molecular formula is C26H30ClFN3O4S+. The predicted molar refractivity (Wildman–Crippen MR) is 139 cm³/mol. The van der Waals surface area contributed by atoms with Crippen LogP contribution >= 0.6 is 11.6 Å². The van der Waals surface area contributed by atoms with Crippen molar-refractivity contribution in [1.82, 2.24) is 10.6 Å². The zero-order valence-corrected chi connectivity index (χ0v) is 22.2. The maximum atomic E-state index is 15.2. The van der Waals surface area contributed by atoms with Crippen LogP contribution in [0.15, 0.2) is 41.3 Å². The van der Waals surface area contributed by atoms with Gasteiger partial charge in [0.15, 0.2) is 10.9 Å². The number of ether oxygens (including phenoxy) is 1. The highest BCUT2D eigenvalue weighted by Crippen LogP contribution is 2.36. The molecule has 0 saturated heterocycles. The first-order valence-electron chi connectivity index (χ1n) is 11.7. The first-order valence-corrected chi connectivity index (χ1v) is 13.6. The summed E-state index contributed by atoms with van der Waals surface area (Å²) in [6.45, 7) is 7.11. The second-order valence-electron chi connectivity index (χ2n) is 10.5. The summed E-state index contributed by atoms with van der Waals surface area (Å²) in [5.74, 6) is -0.898. The quantitative estimate of drug-likeness (QED) is 0.481. The Morgan fingerprint density at radius 1 is 1.22 bits per heavy atom. The Kier molecular flexibility index (Phi) is 7.26. The number of amides is 3. The van der Waals surface area contributed by atoms with E-state index in [1.165, 1.54) is 12.1 Å². The van der Waals surface area contributed by atoms with Gasteiger partial charge in [0.1, 0.15) is 22.9 Å². The number of halogens is 2. The van der Waals surface area contributed by atoms with Crippen LogP contribution in [0.4, 0.5) is 14.9 Å². The van der Waals surface area contributed by atoms with Crippen LogP contribution in [0.3, 0.4) is 0 Å². The average molecular weight is 535 g/mol. The minimum atomic E-state index is -0.909. The molecule has 10 heteroatoms. The van der Waals surface area contributed by atoms with Gasteiger partial charge in [0, 0.05) is 33.1 Å². The molecular weight excluding hydrogens is 505 g/mol. The highest BCUT2D eigenvalue weighted by molar-refractivity contribution is 7.96. The van der Waals surface area contributed by atoms with Crippen molar-refractivity contribution < 1.29 is 23.5 Å². The van der Waals surface area contributed by atoms with E-state index in [1.807, 2.05) is 19.1 Å². The van der Waals surface area contributed by atoms with Crippen LogP contribution in [-0.4, -0.2) is 40.8 Å². The number of nitrogens with one attached hydrogen (secondary N) is 3. The number of benzene rings is 2. The standard InChI is InChI=1S/C26H29ClFN3O4S/c1-25(2,3)35-24(34)30-20-14-36(13-15-5-7-16(27)8-6-15)21-12-18(28)17(11-19(21)29-23(20)33)22(32)31-26(4)9-10-26/h5-8,11-12,20H,9-10,13-14H2,1-4H3,(H2-,29,30,31,32,33,34)/p+1/t20-,36?/m0/s1. The molecule has 0 spiro atoms. The molecule has 36 heavy (non-hydrogen) atoms. The molecule has 2 atom stereocenters. The summed E-state index contributed by atoms with van der Waals surface area (Å²) in [7, 11) is -0.692. The second-order valence-corrected chi connectivity index (χ2v) is 12.9. The van der Waals surface area contributed by atoms with Gasteiger partial charge in [-0.3, -0.25) is 9.59 Å². The number of anilines is 1. The summed E-state index contributed by atoms with van der Waals surface area (Å²) in [6.07, 6.45) is 0.961. The number of hydrogen-bond acceptors (Lipinski definition) is 4. The minimum absolute atomic E-state index is 0.129. The first-order chi connectivity index (χ1) is 16.8. The lowest BCUT2D eigenvalue weighted by Crippen LogP contribution is -2.48. The SMILES string of the molecule is CC1(NC(=O)c2cc3c(cc2F)[S+](Cc2ccc(Cl)cc2)C[C@H](NC(=O)OC(C)(C)C)C(=O)N3)CC1. The highest BCUT2D eigenvalue weighted by atomic mass is 35.5. The van der Waals surface area contributed by atoms with Gasteiger partial charge < -0.3 is 20.7 Å². The molecule has 1 heterocycles. The van der Waals surface area contributed by atoms with Crippen LogP contribution in [0.5, 0.6) is 0 Å². The van der Waals surface area contributed by atoms with E-state index in [9.17, 15) is 14.4 Å². The van der Waals surface area contributed by atoms with Crippen molar-refractivity contribution >= 4 is 46.1 Å². The van der Waals surface area contributed by atoms with E-state index in [0.29, 0.717) is 21.4 Å². The zero-order chi connectivity index (χ0) is 26.3. The van der Waals surface area contributed by atoms with E-state index in [0.717, 1.165) is 18.4 Å². The normalized spacial score (nSPS) is 20.4. The Labute approximate surface area is 217 Å². The summed E-state index contributed by atoms with van der Waals surface area (Å²) in [5, 5.41) is 8.90. The summed E-state index contributed by atoms with van der Waals surface area (Å²) >= 11 is 6.03. The Balaban J connectivity index is 1.66. The zero-order valence-electron chi connectivity index (χ0n) is 20.7. The van der Waals surface area contributed by atoms with Crippen molar-refractivity contribution in [2.45, 2.75) is 68.4 Å². The van der Waals surface area contributed by atoms with Crippen LogP contribution in [0.25, 0.3) is 0 Å². The molecule has 1 fully saturated rings. The summed E-state index contributed by atoms with van der Waals surface area (Å²) in [5.41, 5.74) is 0.126. The smallest absolute Gasteiger partial charge is 0.408 e. The maximum absolute atomic E-state index is 15.2. The van der Waals surface area contributed by atoms with Gasteiger partial charge in [-0.25, -0.2) is 9.18 Å². The third-order valence-electron chi connectivity index (χ3n) is 5.93. The van der Waals surface area contributed by atoms with Crippen LogP contribution in [0, 0.1) is 5.82 Å². The Morgan fingerprint density at radius 3 is 2.50 bits per heavy atom. The molecule has 0 aromatic heterocycles. The third kappa shape index (κ3) is 6.50. The van der Waals surface area contributed by atoms with E-state index in [1.54, 1.807) is 32.9 Å². The fourth-order valence-electron chi connectivity index (χ4n) is 3.78. The van der Waals surface area contributed by atoms with Crippen molar-refractivity contribution in [3.63, 3.8) is 0 Å². The van der Waals surface area contributed by atoms with Gasteiger partial charge in [0.2, 0.25) is 0 Å². The largest absolute Gasteiger partial charge is 0.444 e. The number of rotatable bonds is 5. The van der Waals surface area contributed by atoms with Crippen LogP contribution in [0.2, 0.25) is 5.02 Å². The average Bonchev–Trinajstić information content (AvgIpc) is 3.51. The molecule has 2 aromatic carbocycles. The third-order valence-corrected chi connectivity index (χ3v) is 8.56. The summed E-state index contributed by atoms with van der Waals surface area (Å²) in [4.78, 5) is 39.0. The van der Waals surface area contributed by atoms with Gasteiger partial charge >= 0.3 is 6.09 Å². The number of hydrogen-bond donors (Lipinski definition) is 3. The molecule has 1 saturated carbocycles. The van der Waals surface area contributed by atoms with Gasteiger partial charge in [0.25, 0.3) is 11.8 Å². The van der Waals surface area contributed by atoms with Crippen molar-refractivity contribution in [3.8, 4) is 0 Å². The molecule has 0 radical (unpaired) electrons. The fourth-order valence-corrected chi connectivity index (χ4v) is 6.28. The molecule has 7 nitrogen and oxygen atoms in total. The molecule has 3 amide bonds. The molecule has 4 rings (SSSR count). The maximum Gasteiger partial charge on any atom is 0.408 e. The number of fused-ring (bicyclic) bond motifs is 1. The van der Waals surface area contributed by atoms with Crippen LogP contribution in [-0.2, 0) is 26.2 Å². The lowest BCUT2D eigenvalue weighted by Gasteiger charge is -2.22. The Bertz CT molecular complexity index is 1190. The van der Waals surface area contributed by atoms with E-state index < -0.39 is 46.3 Å². The molecule has 2 aliphatic rings. The van der Waals surface area contributed by atoms with Crippen LogP contribution < -0.4 is 16.0 Å². The minimum Gasteiger partial charge on any atom is -0.444 e. The highest BCUT2D eigenvalue weighted by Gasteiger charge is 2.42. The van der Waals surface area contributed by atoms with Gasteiger partial charge in [-0.15, -0.1) is 0 Å². The van der Waals surface area contributed by atoms with Gasteiger partial charge in [-0.05, 0) is 58.7 Å². The topological polar surface area (TPSA) is 96.5 Å². The lowest BCUT2D eigenvalue weighted by molar-refractivity contribution is -0.117. The van der Waals surface area contributed by atoms with Crippen molar-refractivity contribution in [1.29, 1.82) is 0 Å². The molecule has 0 bridgehead atoms.